The number of hydrogen-bond donors (Lipinski definition) is 1. The molecule has 1 aliphatic heterocycles. The fraction of sp³-hybridized carbons (Fsp3) is 0.188. The maximum Gasteiger partial charge on any atom is 0.346 e. The molecule has 0 bridgehead atoms. The zero-order valence-electron chi connectivity index (χ0n) is 11.3. The smallest absolute Gasteiger partial charge is 0.333 e. The molecule has 2 aliphatic rings. The molecule has 4 rings (SSSR count). The second kappa shape index (κ2) is 3.81. The van der Waals surface area contributed by atoms with Crippen LogP contribution in [0.15, 0.2) is 36.4 Å². The summed E-state index contributed by atoms with van der Waals surface area (Å²) in [5.74, 6) is -0.439. The maximum atomic E-state index is 14.6. The van der Waals surface area contributed by atoms with Gasteiger partial charge in [0, 0.05) is 0 Å². The van der Waals surface area contributed by atoms with Crippen LogP contribution in [-0.2, 0) is 5.54 Å². The number of urea groups is 1. The zero-order valence-corrected chi connectivity index (χ0v) is 11.3. The number of nitrogens with one attached hydrogen (secondary N) is 1. The number of nitrogens with zero attached hydrogens (tertiary/aromatic N) is 1. The van der Waals surface area contributed by atoms with Gasteiger partial charge in [-0.2, -0.15) is 0 Å². The molecule has 1 atom stereocenters. The lowest BCUT2D eigenvalue weighted by atomic mass is 9.87. The summed E-state index contributed by atoms with van der Waals surface area (Å²) in [4.78, 5) is 11.7. The van der Waals surface area contributed by atoms with Crippen molar-refractivity contribution in [2.75, 3.05) is 6.54 Å². The number of carbonyl (C=O) groups is 1. The SMILES string of the molecule is Cc1ccc2c(c1)C1(CNC(=O)N1F)c1cc(F)ccc1-2. The molecule has 0 saturated carbocycles. The van der Waals surface area contributed by atoms with E-state index in [2.05, 4.69) is 5.32 Å². The lowest BCUT2D eigenvalue weighted by molar-refractivity contribution is 0.0129. The summed E-state index contributed by atoms with van der Waals surface area (Å²) < 4.78 is 28.3. The lowest BCUT2D eigenvalue weighted by Crippen LogP contribution is -2.39. The van der Waals surface area contributed by atoms with Gasteiger partial charge in [0.2, 0.25) is 0 Å². The minimum atomic E-state index is -1.27. The van der Waals surface area contributed by atoms with Crippen LogP contribution in [0.2, 0.25) is 0 Å². The summed E-state index contributed by atoms with van der Waals surface area (Å²) in [6.45, 7) is 2.00. The van der Waals surface area contributed by atoms with Gasteiger partial charge in [0.05, 0.1) is 6.54 Å². The average Bonchev–Trinajstić information content (AvgIpc) is 2.90. The van der Waals surface area contributed by atoms with Crippen molar-refractivity contribution in [2.24, 2.45) is 0 Å². The number of aryl methyl sites for hydroxylation is 1. The monoisotopic (exact) mass is 286 g/mol. The lowest BCUT2D eigenvalue weighted by Gasteiger charge is -2.28. The molecule has 21 heavy (non-hydrogen) atoms. The second-order valence-corrected chi connectivity index (χ2v) is 5.54. The molecule has 106 valence electrons. The Kier molecular flexibility index (Phi) is 2.24. The van der Waals surface area contributed by atoms with Crippen LogP contribution in [0.3, 0.4) is 0 Å². The van der Waals surface area contributed by atoms with Crippen LogP contribution in [-0.4, -0.2) is 17.7 Å². The van der Waals surface area contributed by atoms with Gasteiger partial charge < -0.3 is 5.32 Å². The fourth-order valence-corrected chi connectivity index (χ4v) is 3.39. The number of rotatable bonds is 0. The number of fused-ring (bicyclic) bond motifs is 5. The third kappa shape index (κ3) is 1.38. The van der Waals surface area contributed by atoms with Crippen molar-refractivity contribution in [3.8, 4) is 11.1 Å². The minimum absolute atomic E-state index is 0.0925. The van der Waals surface area contributed by atoms with Crippen LogP contribution < -0.4 is 5.32 Å². The Balaban J connectivity index is 2.10. The minimum Gasteiger partial charge on any atom is -0.333 e. The largest absolute Gasteiger partial charge is 0.346 e. The standard InChI is InChI=1S/C16H12F2N2O/c1-9-2-4-11-12-5-3-10(17)7-14(12)16(13(11)6-9)8-19-15(21)20(16)18/h2-7H,8H2,1H3,(H,19,21). The van der Waals surface area contributed by atoms with E-state index in [9.17, 15) is 13.7 Å². The molecule has 1 aliphatic carbocycles. The molecular formula is C16H12F2N2O. The topological polar surface area (TPSA) is 32.3 Å². The Morgan fingerprint density at radius 3 is 2.48 bits per heavy atom. The van der Waals surface area contributed by atoms with E-state index in [0.29, 0.717) is 11.1 Å². The molecule has 1 fully saturated rings. The molecule has 0 radical (unpaired) electrons. The van der Waals surface area contributed by atoms with Crippen LogP contribution in [0, 0.1) is 12.7 Å². The normalized spacial score (nSPS) is 22.4. The van der Waals surface area contributed by atoms with Crippen molar-refractivity contribution < 1.29 is 13.7 Å². The number of amides is 2. The Morgan fingerprint density at radius 1 is 1.14 bits per heavy atom. The second-order valence-electron chi connectivity index (χ2n) is 5.54. The number of hydrogen-bond acceptors (Lipinski definition) is 1. The van der Waals surface area contributed by atoms with Gasteiger partial charge in [0.25, 0.3) is 0 Å². The number of halogens is 2. The molecule has 2 aromatic carbocycles. The van der Waals surface area contributed by atoms with Gasteiger partial charge >= 0.3 is 6.03 Å². The maximum absolute atomic E-state index is 14.6. The first-order chi connectivity index (χ1) is 10.0. The van der Waals surface area contributed by atoms with Crippen LogP contribution in [0.25, 0.3) is 11.1 Å². The molecule has 1 spiro atoms. The van der Waals surface area contributed by atoms with Gasteiger partial charge in [-0.15, -0.1) is 5.12 Å². The van der Waals surface area contributed by atoms with Crippen molar-refractivity contribution >= 4 is 6.03 Å². The molecule has 5 heteroatoms. The van der Waals surface area contributed by atoms with Crippen LogP contribution in [0.4, 0.5) is 13.7 Å². The summed E-state index contributed by atoms with van der Waals surface area (Å²) in [5.41, 5.74) is 2.50. The first-order valence-electron chi connectivity index (χ1n) is 6.69. The third-order valence-electron chi connectivity index (χ3n) is 4.35. The Hall–Kier alpha value is -2.43. The molecule has 0 aromatic heterocycles. The summed E-state index contributed by atoms with van der Waals surface area (Å²) in [5, 5.41) is 2.70. The fourth-order valence-electron chi connectivity index (χ4n) is 3.39. The number of carbonyl (C=O) groups excluding carboxylic acids is 1. The van der Waals surface area contributed by atoms with E-state index >= 15 is 0 Å². The molecule has 1 heterocycles. The van der Waals surface area contributed by atoms with Crippen LogP contribution in [0.1, 0.15) is 16.7 Å². The van der Waals surface area contributed by atoms with Crippen molar-refractivity contribution in [1.82, 2.24) is 10.4 Å². The molecule has 1 saturated heterocycles. The highest BCUT2D eigenvalue weighted by atomic mass is 19.2. The van der Waals surface area contributed by atoms with Gasteiger partial charge in [-0.25, -0.2) is 9.18 Å². The van der Waals surface area contributed by atoms with E-state index in [-0.39, 0.29) is 11.7 Å². The molecule has 2 aromatic rings. The van der Waals surface area contributed by atoms with E-state index in [1.807, 2.05) is 25.1 Å². The van der Waals surface area contributed by atoms with Crippen LogP contribution >= 0.6 is 0 Å². The molecule has 1 unspecified atom stereocenters. The van der Waals surface area contributed by atoms with Crippen molar-refractivity contribution in [3.63, 3.8) is 0 Å². The van der Waals surface area contributed by atoms with E-state index in [1.165, 1.54) is 12.1 Å². The summed E-state index contributed by atoms with van der Waals surface area (Å²) in [6.07, 6.45) is 0. The summed E-state index contributed by atoms with van der Waals surface area (Å²) in [6, 6.07) is 9.21. The summed E-state index contributed by atoms with van der Waals surface area (Å²) in [7, 11) is 0. The van der Waals surface area contributed by atoms with Crippen molar-refractivity contribution in [2.45, 2.75) is 12.5 Å². The summed E-state index contributed by atoms with van der Waals surface area (Å²) >= 11 is 0. The van der Waals surface area contributed by atoms with E-state index in [1.54, 1.807) is 6.07 Å². The molecular weight excluding hydrogens is 274 g/mol. The first-order valence-corrected chi connectivity index (χ1v) is 6.69. The predicted molar refractivity (Wildman–Crippen MR) is 73.7 cm³/mol. The Bertz CT molecular complexity index is 736. The number of benzene rings is 2. The van der Waals surface area contributed by atoms with E-state index < -0.39 is 17.4 Å². The average molecular weight is 286 g/mol. The Morgan fingerprint density at radius 2 is 1.81 bits per heavy atom. The quantitative estimate of drug-likeness (QED) is 0.741. The third-order valence-corrected chi connectivity index (χ3v) is 4.35. The molecule has 2 amide bonds. The van der Waals surface area contributed by atoms with Gasteiger partial charge in [-0.1, -0.05) is 34.3 Å². The van der Waals surface area contributed by atoms with Gasteiger partial charge in [-0.3, -0.25) is 0 Å². The first kappa shape index (κ1) is 12.3. The molecule has 3 nitrogen and oxygen atoms in total. The zero-order chi connectivity index (χ0) is 14.8. The highest BCUT2D eigenvalue weighted by Crippen LogP contribution is 2.52. The van der Waals surface area contributed by atoms with Crippen molar-refractivity contribution in [3.05, 3.63) is 58.9 Å². The van der Waals surface area contributed by atoms with Crippen LogP contribution in [0.5, 0.6) is 0 Å². The molecule has 1 N–H and O–H groups in total. The highest BCUT2D eigenvalue weighted by molar-refractivity contribution is 5.87. The van der Waals surface area contributed by atoms with E-state index in [0.717, 1.165) is 16.7 Å². The van der Waals surface area contributed by atoms with Gasteiger partial charge in [-0.05, 0) is 41.3 Å². The van der Waals surface area contributed by atoms with Gasteiger partial charge in [0.15, 0.2) is 0 Å². The van der Waals surface area contributed by atoms with Gasteiger partial charge in [0.1, 0.15) is 11.4 Å². The predicted octanol–water partition coefficient (Wildman–Crippen LogP) is 3.27. The van der Waals surface area contributed by atoms with Crippen molar-refractivity contribution in [1.29, 1.82) is 0 Å². The highest BCUT2D eigenvalue weighted by Gasteiger charge is 2.55. The Labute approximate surface area is 120 Å². The van der Waals surface area contributed by atoms with E-state index in [4.69, 9.17) is 0 Å².